The van der Waals surface area contributed by atoms with Gasteiger partial charge in [0.1, 0.15) is 0 Å². The number of nitrogens with one attached hydrogen (secondary N) is 1. The van der Waals surface area contributed by atoms with Crippen molar-refractivity contribution >= 4 is 5.91 Å². The summed E-state index contributed by atoms with van der Waals surface area (Å²) in [5.41, 5.74) is 6.41. The van der Waals surface area contributed by atoms with Gasteiger partial charge in [0, 0.05) is 0 Å². The summed E-state index contributed by atoms with van der Waals surface area (Å²) in [5, 5.41) is 3.37. The van der Waals surface area contributed by atoms with E-state index in [9.17, 15) is 4.79 Å². The molecule has 116 valence electrons. The van der Waals surface area contributed by atoms with Gasteiger partial charge in [-0.25, -0.2) is 0 Å². The summed E-state index contributed by atoms with van der Waals surface area (Å²) in [5.74, 6) is 1.64. The maximum atomic E-state index is 10.8. The predicted octanol–water partition coefficient (Wildman–Crippen LogP) is 1.81. The molecule has 21 heavy (non-hydrogen) atoms. The summed E-state index contributed by atoms with van der Waals surface area (Å²) in [6, 6.07) is 6.10. The van der Waals surface area contributed by atoms with Crippen LogP contribution in [0.2, 0.25) is 0 Å². The van der Waals surface area contributed by atoms with Crippen molar-refractivity contribution in [3.05, 3.63) is 23.8 Å². The molecule has 0 aromatic heterocycles. The molecule has 1 fully saturated rings. The number of amides is 1. The zero-order valence-electron chi connectivity index (χ0n) is 12.6. The third kappa shape index (κ3) is 4.63. The lowest BCUT2D eigenvalue weighted by atomic mass is 9.90. The van der Waals surface area contributed by atoms with Gasteiger partial charge in [-0.15, -0.1) is 0 Å². The molecule has 0 saturated carbocycles. The summed E-state index contributed by atoms with van der Waals surface area (Å²) < 4.78 is 11.3. The highest BCUT2D eigenvalue weighted by atomic mass is 16.5. The molecule has 0 radical (unpaired) electrons. The molecular weight excluding hydrogens is 268 g/mol. The van der Waals surface area contributed by atoms with Gasteiger partial charge in [0.2, 0.25) is 5.91 Å². The second kappa shape index (κ2) is 7.88. The minimum absolute atomic E-state index is 0.210. The van der Waals surface area contributed by atoms with Crippen LogP contribution in [-0.4, -0.2) is 32.2 Å². The standard InChI is InChI=1S/C16H24N2O3/c1-2-20-15-11-13(12-5-8-18-9-6-12)3-4-14(15)21-10-7-16(17)19/h3-4,11-12,18H,2,5-10H2,1H3,(H2,17,19). The quantitative estimate of drug-likeness (QED) is 0.804. The van der Waals surface area contributed by atoms with E-state index in [1.165, 1.54) is 5.56 Å². The van der Waals surface area contributed by atoms with E-state index in [-0.39, 0.29) is 18.9 Å². The molecule has 0 unspecified atom stereocenters. The van der Waals surface area contributed by atoms with Gasteiger partial charge < -0.3 is 20.5 Å². The fourth-order valence-corrected chi connectivity index (χ4v) is 2.58. The number of hydrogen-bond donors (Lipinski definition) is 2. The van der Waals surface area contributed by atoms with Gasteiger partial charge in [-0.1, -0.05) is 6.07 Å². The number of carbonyl (C=O) groups excluding carboxylic acids is 1. The van der Waals surface area contributed by atoms with Crippen LogP contribution in [-0.2, 0) is 4.79 Å². The SMILES string of the molecule is CCOc1cc(C2CCNCC2)ccc1OCCC(N)=O. The first kappa shape index (κ1) is 15.6. The highest BCUT2D eigenvalue weighted by Crippen LogP contribution is 2.34. The normalized spacial score (nSPS) is 15.7. The number of primary amides is 1. The van der Waals surface area contributed by atoms with Crippen molar-refractivity contribution in [3.63, 3.8) is 0 Å². The molecule has 1 saturated heterocycles. The van der Waals surface area contributed by atoms with Crippen molar-refractivity contribution < 1.29 is 14.3 Å². The van der Waals surface area contributed by atoms with Crippen molar-refractivity contribution in [2.75, 3.05) is 26.3 Å². The molecule has 0 atom stereocenters. The zero-order chi connectivity index (χ0) is 15.1. The van der Waals surface area contributed by atoms with Gasteiger partial charge in [0.05, 0.1) is 19.6 Å². The lowest BCUT2D eigenvalue weighted by Crippen LogP contribution is -2.26. The number of nitrogens with two attached hydrogens (primary N) is 1. The molecule has 2 rings (SSSR count). The first-order valence-electron chi connectivity index (χ1n) is 7.59. The van der Waals surface area contributed by atoms with E-state index in [1.807, 2.05) is 13.0 Å². The lowest BCUT2D eigenvalue weighted by molar-refractivity contribution is -0.118. The summed E-state index contributed by atoms with van der Waals surface area (Å²) >= 11 is 0. The minimum Gasteiger partial charge on any atom is -0.490 e. The Hall–Kier alpha value is -1.75. The van der Waals surface area contributed by atoms with Crippen molar-refractivity contribution in [1.82, 2.24) is 5.32 Å². The van der Waals surface area contributed by atoms with Gasteiger partial charge in [-0.3, -0.25) is 4.79 Å². The molecule has 0 aliphatic carbocycles. The van der Waals surface area contributed by atoms with Crippen LogP contribution < -0.4 is 20.5 Å². The summed E-state index contributed by atoms with van der Waals surface area (Å²) in [6.45, 7) is 4.94. The van der Waals surface area contributed by atoms with Crippen molar-refractivity contribution in [1.29, 1.82) is 0 Å². The number of benzene rings is 1. The van der Waals surface area contributed by atoms with Gasteiger partial charge in [0.25, 0.3) is 0 Å². The number of rotatable bonds is 7. The molecule has 1 aliphatic heterocycles. The van der Waals surface area contributed by atoms with E-state index in [2.05, 4.69) is 17.4 Å². The largest absolute Gasteiger partial charge is 0.490 e. The van der Waals surface area contributed by atoms with Crippen LogP contribution in [0.25, 0.3) is 0 Å². The molecule has 5 heteroatoms. The molecule has 1 aromatic carbocycles. The van der Waals surface area contributed by atoms with Gasteiger partial charge in [0.15, 0.2) is 11.5 Å². The Morgan fingerprint density at radius 1 is 1.29 bits per heavy atom. The minimum atomic E-state index is -0.362. The fraction of sp³-hybridized carbons (Fsp3) is 0.562. The van der Waals surface area contributed by atoms with Crippen LogP contribution >= 0.6 is 0 Å². The Morgan fingerprint density at radius 3 is 2.71 bits per heavy atom. The Kier molecular flexibility index (Phi) is 5.87. The van der Waals surface area contributed by atoms with E-state index in [0.717, 1.165) is 31.7 Å². The number of carbonyl (C=O) groups is 1. The number of hydrogen-bond acceptors (Lipinski definition) is 4. The van der Waals surface area contributed by atoms with Crippen LogP contribution in [0.5, 0.6) is 11.5 Å². The van der Waals surface area contributed by atoms with Crippen LogP contribution in [0.1, 0.15) is 37.7 Å². The van der Waals surface area contributed by atoms with Crippen molar-refractivity contribution in [3.8, 4) is 11.5 Å². The van der Waals surface area contributed by atoms with Crippen LogP contribution in [0, 0.1) is 0 Å². The van der Waals surface area contributed by atoms with Gasteiger partial charge in [-0.2, -0.15) is 0 Å². The third-order valence-electron chi connectivity index (χ3n) is 3.68. The Morgan fingerprint density at radius 2 is 2.05 bits per heavy atom. The zero-order valence-corrected chi connectivity index (χ0v) is 12.6. The Labute approximate surface area is 125 Å². The van der Waals surface area contributed by atoms with Crippen LogP contribution in [0.15, 0.2) is 18.2 Å². The number of piperidine rings is 1. The first-order chi connectivity index (χ1) is 10.2. The van der Waals surface area contributed by atoms with E-state index in [1.54, 1.807) is 0 Å². The summed E-state index contributed by atoms with van der Waals surface area (Å²) in [6.07, 6.45) is 2.50. The molecular formula is C16H24N2O3. The van der Waals surface area contributed by atoms with Crippen molar-refractivity contribution in [2.45, 2.75) is 32.1 Å². The van der Waals surface area contributed by atoms with E-state index in [4.69, 9.17) is 15.2 Å². The first-order valence-corrected chi connectivity index (χ1v) is 7.59. The topological polar surface area (TPSA) is 73.6 Å². The second-order valence-electron chi connectivity index (χ2n) is 5.23. The molecule has 1 aromatic rings. The van der Waals surface area contributed by atoms with E-state index in [0.29, 0.717) is 18.3 Å². The monoisotopic (exact) mass is 292 g/mol. The average molecular weight is 292 g/mol. The van der Waals surface area contributed by atoms with E-state index >= 15 is 0 Å². The van der Waals surface area contributed by atoms with Crippen molar-refractivity contribution in [2.24, 2.45) is 5.73 Å². The molecule has 1 amide bonds. The summed E-state index contributed by atoms with van der Waals surface area (Å²) in [4.78, 5) is 10.8. The average Bonchev–Trinajstić information content (AvgIpc) is 2.49. The molecule has 1 heterocycles. The molecule has 5 nitrogen and oxygen atoms in total. The van der Waals surface area contributed by atoms with Gasteiger partial charge in [-0.05, 0) is 56.5 Å². The highest BCUT2D eigenvalue weighted by molar-refractivity contribution is 5.73. The smallest absolute Gasteiger partial charge is 0.220 e. The summed E-state index contributed by atoms with van der Waals surface area (Å²) in [7, 11) is 0. The Balaban J connectivity index is 2.07. The maximum Gasteiger partial charge on any atom is 0.220 e. The highest BCUT2D eigenvalue weighted by Gasteiger charge is 2.17. The second-order valence-corrected chi connectivity index (χ2v) is 5.23. The maximum absolute atomic E-state index is 10.8. The van der Waals surface area contributed by atoms with Crippen LogP contribution in [0.4, 0.5) is 0 Å². The Bertz CT molecular complexity index is 471. The van der Waals surface area contributed by atoms with E-state index < -0.39 is 0 Å². The fourth-order valence-electron chi connectivity index (χ4n) is 2.58. The predicted molar refractivity (Wildman–Crippen MR) is 81.8 cm³/mol. The molecule has 1 aliphatic rings. The molecule has 0 spiro atoms. The lowest BCUT2D eigenvalue weighted by Gasteiger charge is -2.24. The third-order valence-corrected chi connectivity index (χ3v) is 3.68. The molecule has 3 N–H and O–H groups in total. The molecule has 0 bridgehead atoms. The van der Waals surface area contributed by atoms with Gasteiger partial charge >= 0.3 is 0 Å². The number of ether oxygens (including phenoxy) is 2. The van der Waals surface area contributed by atoms with Crippen LogP contribution in [0.3, 0.4) is 0 Å².